The fraction of sp³-hybridized carbons (Fsp3) is 0.760. The smallest absolute Gasteiger partial charge is 0.251 e. The first-order valence-electron chi connectivity index (χ1n) is 11.5. The van der Waals surface area contributed by atoms with Crippen LogP contribution in [0.3, 0.4) is 0 Å². The summed E-state index contributed by atoms with van der Waals surface area (Å²) in [6, 6.07) is 2.02. The van der Waals surface area contributed by atoms with Gasteiger partial charge in [-0.05, 0) is 75.3 Å². The van der Waals surface area contributed by atoms with Gasteiger partial charge in [-0.15, -0.1) is 0 Å². The SMILES string of the molecule is Cc1cc(CC2CCC(F)CC2)c(=O)[nH]c1C(C)(C)CCC(=O)CCCC(C)C. The summed E-state index contributed by atoms with van der Waals surface area (Å²) in [5, 5.41) is 0. The molecule has 1 aliphatic carbocycles. The van der Waals surface area contributed by atoms with Crippen molar-refractivity contribution >= 4 is 5.78 Å². The normalized spacial score (nSPS) is 20.2. The third kappa shape index (κ3) is 7.38. The quantitative estimate of drug-likeness (QED) is 0.503. The molecule has 1 heterocycles. The standard InChI is InChI=1S/C25H40FNO2/c1-17(2)7-6-8-22(28)13-14-25(4,5)23-18(3)15-20(24(29)27-23)16-19-9-11-21(26)12-10-19/h15,17,19,21H,6-14,16H2,1-5H3,(H,27,29). The van der Waals surface area contributed by atoms with Gasteiger partial charge in [-0.1, -0.05) is 34.1 Å². The van der Waals surface area contributed by atoms with E-state index in [9.17, 15) is 14.0 Å². The molecule has 1 aromatic rings. The Morgan fingerprint density at radius 3 is 2.48 bits per heavy atom. The van der Waals surface area contributed by atoms with Crippen LogP contribution in [0.5, 0.6) is 0 Å². The minimum Gasteiger partial charge on any atom is -0.325 e. The van der Waals surface area contributed by atoms with Gasteiger partial charge in [-0.3, -0.25) is 9.59 Å². The molecule has 0 saturated heterocycles. The monoisotopic (exact) mass is 405 g/mol. The number of Topliss-reactive ketones (excluding diaryl/α,β-unsaturated/α-hetero) is 1. The molecule has 3 nitrogen and oxygen atoms in total. The van der Waals surface area contributed by atoms with Gasteiger partial charge in [0.25, 0.3) is 5.56 Å². The van der Waals surface area contributed by atoms with Gasteiger partial charge in [0.15, 0.2) is 0 Å². The molecular formula is C25H40FNO2. The molecule has 0 aliphatic heterocycles. The van der Waals surface area contributed by atoms with Gasteiger partial charge < -0.3 is 4.98 Å². The highest BCUT2D eigenvalue weighted by Crippen LogP contribution is 2.31. The second-order valence-electron chi connectivity index (χ2n) is 10.2. The number of alkyl halides is 1. The molecule has 2 rings (SSSR count). The lowest BCUT2D eigenvalue weighted by Crippen LogP contribution is -2.28. The van der Waals surface area contributed by atoms with Crippen molar-refractivity contribution in [1.29, 1.82) is 0 Å². The summed E-state index contributed by atoms with van der Waals surface area (Å²) < 4.78 is 13.4. The number of aryl methyl sites for hydroxylation is 1. The van der Waals surface area contributed by atoms with Crippen LogP contribution in [0.4, 0.5) is 4.39 Å². The number of carbonyl (C=O) groups excluding carboxylic acids is 1. The first-order valence-corrected chi connectivity index (χ1v) is 11.5. The van der Waals surface area contributed by atoms with Crippen molar-refractivity contribution in [2.45, 2.75) is 110 Å². The van der Waals surface area contributed by atoms with Gasteiger partial charge in [0, 0.05) is 29.5 Å². The molecule has 4 heteroatoms. The van der Waals surface area contributed by atoms with Crippen molar-refractivity contribution in [2.75, 3.05) is 0 Å². The molecular weight excluding hydrogens is 365 g/mol. The molecule has 1 aromatic heterocycles. The highest BCUT2D eigenvalue weighted by atomic mass is 19.1. The fourth-order valence-corrected chi connectivity index (χ4v) is 4.59. The molecule has 0 atom stereocenters. The Hall–Kier alpha value is -1.45. The first kappa shape index (κ1) is 23.8. The number of halogens is 1. The molecule has 1 aliphatic rings. The van der Waals surface area contributed by atoms with E-state index in [2.05, 4.69) is 32.7 Å². The van der Waals surface area contributed by atoms with Crippen LogP contribution in [0, 0.1) is 18.8 Å². The molecule has 1 fully saturated rings. The maximum atomic E-state index is 13.4. The minimum absolute atomic E-state index is 0.0238. The zero-order chi connectivity index (χ0) is 21.6. The van der Waals surface area contributed by atoms with Crippen LogP contribution in [0.1, 0.15) is 102 Å². The van der Waals surface area contributed by atoms with Crippen LogP contribution < -0.4 is 5.56 Å². The maximum absolute atomic E-state index is 13.4. The lowest BCUT2D eigenvalue weighted by Gasteiger charge is -2.28. The number of hydrogen-bond donors (Lipinski definition) is 1. The highest BCUT2D eigenvalue weighted by Gasteiger charge is 2.26. The van der Waals surface area contributed by atoms with Gasteiger partial charge in [-0.25, -0.2) is 4.39 Å². The van der Waals surface area contributed by atoms with Crippen LogP contribution in [-0.2, 0) is 16.6 Å². The summed E-state index contributed by atoms with van der Waals surface area (Å²) in [5.41, 5.74) is 2.56. The van der Waals surface area contributed by atoms with Crippen LogP contribution >= 0.6 is 0 Å². The number of aromatic nitrogens is 1. The van der Waals surface area contributed by atoms with Crippen LogP contribution in [0.2, 0.25) is 0 Å². The molecule has 1 N–H and O–H groups in total. The van der Waals surface area contributed by atoms with Crippen molar-refractivity contribution in [1.82, 2.24) is 4.98 Å². The van der Waals surface area contributed by atoms with E-state index in [0.29, 0.717) is 43.3 Å². The summed E-state index contributed by atoms with van der Waals surface area (Å²) >= 11 is 0. The van der Waals surface area contributed by atoms with Crippen LogP contribution in [0.25, 0.3) is 0 Å². The van der Waals surface area contributed by atoms with Crippen molar-refractivity contribution in [2.24, 2.45) is 11.8 Å². The Kier molecular flexibility index (Phi) is 8.66. The summed E-state index contributed by atoms with van der Waals surface area (Å²) in [6.45, 7) is 10.6. The number of ketones is 1. The van der Waals surface area contributed by atoms with E-state index in [-0.39, 0.29) is 11.0 Å². The average Bonchev–Trinajstić information content (AvgIpc) is 2.64. The fourth-order valence-electron chi connectivity index (χ4n) is 4.59. The predicted octanol–water partition coefficient (Wildman–Crippen LogP) is 6.21. The number of pyridine rings is 1. The molecule has 0 aromatic carbocycles. The summed E-state index contributed by atoms with van der Waals surface area (Å²) in [4.78, 5) is 28.1. The molecule has 164 valence electrons. The van der Waals surface area contributed by atoms with E-state index in [1.54, 1.807) is 0 Å². The van der Waals surface area contributed by atoms with Crippen molar-refractivity contribution in [3.05, 3.63) is 33.2 Å². The number of hydrogen-bond acceptors (Lipinski definition) is 2. The van der Waals surface area contributed by atoms with Gasteiger partial charge in [0.05, 0.1) is 0 Å². The molecule has 0 spiro atoms. The molecule has 1 saturated carbocycles. The van der Waals surface area contributed by atoms with E-state index in [4.69, 9.17) is 0 Å². The summed E-state index contributed by atoms with van der Waals surface area (Å²) in [5.74, 6) is 1.36. The first-order chi connectivity index (χ1) is 13.6. The Morgan fingerprint density at radius 1 is 1.21 bits per heavy atom. The number of H-pyrrole nitrogens is 1. The summed E-state index contributed by atoms with van der Waals surface area (Å²) in [6.07, 6.45) is 7.06. The number of rotatable bonds is 10. The Morgan fingerprint density at radius 2 is 1.86 bits per heavy atom. The number of nitrogens with one attached hydrogen (secondary N) is 1. The Balaban J connectivity index is 1.98. The zero-order valence-corrected chi connectivity index (χ0v) is 19.1. The van der Waals surface area contributed by atoms with Crippen molar-refractivity contribution < 1.29 is 9.18 Å². The van der Waals surface area contributed by atoms with Crippen LogP contribution in [0.15, 0.2) is 10.9 Å². The lowest BCUT2D eigenvalue weighted by atomic mass is 9.80. The largest absolute Gasteiger partial charge is 0.325 e. The lowest BCUT2D eigenvalue weighted by molar-refractivity contribution is -0.119. The third-order valence-electron chi connectivity index (χ3n) is 6.54. The molecule has 0 bridgehead atoms. The van der Waals surface area contributed by atoms with Crippen molar-refractivity contribution in [3.8, 4) is 0 Å². The average molecular weight is 406 g/mol. The topological polar surface area (TPSA) is 49.9 Å². The van der Waals surface area contributed by atoms with E-state index in [1.165, 1.54) is 0 Å². The van der Waals surface area contributed by atoms with Gasteiger partial charge >= 0.3 is 0 Å². The van der Waals surface area contributed by atoms with E-state index in [0.717, 1.165) is 55.3 Å². The molecule has 29 heavy (non-hydrogen) atoms. The van der Waals surface area contributed by atoms with E-state index < -0.39 is 6.17 Å². The molecule has 0 amide bonds. The van der Waals surface area contributed by atoms with E-state index >= 15 is 0 Å². The number of aromatic amines is 1. The predicted molar refractivity (Wildman–Crippen MR) is 118 cm³/mol. The Bertz CT molecular complexity index is 727. The zero-order valence-electron chi connectivity index (χ0n) is 19.1. The second kappa shape index (κ2) is 10.5. The number of carbonyl (C=O) groups is 1. The Labute approximate surface area is 175 Å². The van der Waals surface area contributed by atoms with Crippen LogP contribution in [-0.4, -0.2) is 16.9 Å². The van der Waals surface area contributed by atoms with Gasteiger partial charge in [0.2, 0.25) is 0 Å². The molecule has 0 unspecified atom stereocenters. The third-order valence-corrected chi connectivity index (χ3v) is 6.54. The van der Waals surface area contributed by atoms with Gasteiger partial charge in [-0.2, -0.15) is 0 Å². The van der Waals surface area contributed by atoms with E-state index in [1.807, 2.05) is 13.0 Å². The highest BCUT2D eigenvalue weighted by molar-refractivity contribution is 5.78. The van der Waals surface area contributed by atoms with Crippen molar-refractivity contribution in [3.63, 3.8) is 0 Å². The van der Waals surface area contributed by atoms with Gasteiger partial charge in [0.1, 0.15) is 12.0 Å². The minimum atomic E-state index is -0.664. The second-order valence-corrected chi connectivity index (χ2v) is 10.2. The summed E-state index contributed by atoms with van der Waals surface area (Å²) in [7, 11) is 0. The maximum Gasteiger partial charge on any atom is 0.251 e. The molecule has 0 radical (unpaired) electrons.